The topological polar surface area (TPSA) is 42.4 Å². The molecule has 26 heavy (non-hydrogen) atoms. The lowest BCUT2D eigenvalue weighted by molar-refractivity contribution is 0.0633. The second-order valence-corrected chi connectivity index (χ2v) is 7.45. The number of hydrogen-bond acceptors (Lipinski definition) is 4. The van der Waals surface area contributed by atoms with Crippen LogP contribution in [0.4, 0.5) is 4.39 Å². The zero-order valence-corrected chi connectivity index (χ0v) is 15.0. The second kappa shape index (κ2) is 7.41. The van der Waals surface area contributed by atoms with Gasteiger partial charge < -0.3 is 9.64 Å². The fourth-order valence-corrected chi connectivity index (χ4v) is 4.04. The first-order chi connectivity index (χ1) is 12.7. The van der Waals surface area contributed by atoms with Crippen LogP contribution in [0, 0.1) is 11.7 Å². The Labute approximate surface area is 155 Å². The number of ether oxygens (including phenoxy) is 1. The van der Waals surface area contributed by atoms with E-state index >= 15 is 0 Å². The molecule has 0 radical (unpaired) electrons. The molecule has 4 nitrogen and oxygen atoms in total. The Morgan fingerprint density at radius 2 is 2.23 bits per heavy atom. The summed E-state index contributed by atoms with van der Waals surface area (Å²) in [5.74, 6) is 0.532. The Hall–Kier alpha value is -2.47. The summed E-state index contributed by atoms with van der Waals surface area (Å²) >= 11 is 1.54. The minimum Gasteiger partial charge on any atom is -0.493 e. The predicted molar refractivity (Wildman–Crippen MR) is 100 cm³/mol. The standard InChI is InChI=1S/C20H19FN2O2S/c21-16-4-1-5-17(10-16)25-12-14-3-2-8-23(11-14)20(24)15-6-7-18-19(9-15)26-13-22-18/h1,4-7,9-10,13-14H,2-3,8,11-12H2. The number of thiazole rings is 1. The Bertz CT molecular complexity index is 927. The molecule has 1 aromatic heterocycles. The van der Waals surface area contributed by atoms with E-state index in [4.69, 9.17) is 4.74 Å². The molecule has 3 aromatic rings. The summed E-state index contributed by atoms with van der Waals surface area (Å²) in [6, 6.07) is 11.8. The van der Waals surface area contributed by atoms with Crippen LogP contribution in [-0.4, -0.2) is 35.5 Å². The lowest BCUT2D eigenvalue weighted by atomic mass is 9.98. The minimum absolute atomic E-state index is 0.0516. The van der Waals surface area contributed by atoms with Gasteiger partial charge in [-0.15, -0.1) is 11.3 Å². The molecule has 0 aliphatic carbocycles. The molecule has 1 aliphatic heterocycles. The van der Waals surface area contributed by atoms with Crippen molar-refractivity contribution in [1.29, 1.82) is 0 Å². The first-order valence-electron chi connectivity index (χ1n) is 8.70. The van der Waals surface area contributed by atoms with Crippen LogP contribution in [0.15, 0.2) is 48.0 Å². The second-order valence-electron chi connectivity index (χ2n) is 6.56. The minimum atomic E-state index is -0.304. The molecule has 0 spiro atoms. The third-order valence-corrected chi connectivity index (χ3v) is 5.46. The van der Waals surface area contributed by atoms with Crippen molar-refractivity contribution in [2.45, 2.75) is 12.8 Å². The number of piperidine rings is 1. The average Bonchev–Trinajstić information content (AvgIpc) is 3.14. The lowest BCUT2D eigenvalue weighted by Gasteiger charge is -2.32. The Morgan fingerprint density at radius 3 is 3.12 bits per heavy atom. The van der Waals surface area contributed by atoms with Crippen molar-refractivity contribution in [3.63, 3.8) is 0 Å². The van der Waals surface area contributed by atoms with Crippen molar-refractivity contribution in [3.05, 3.63) is 59.4 Å². The lowest BCUT2D eigenvalue weighted by Crippen LogP contribution is -2.41. The van der Waals surface area contributed by atoms with E-state index < -0.39 is 0 Å². The number of hydrogen-bond donors (Lipinski definition) is 0. The molecule has 2 aromatic carbocycles. The molecule has 1 unspecified atom stereocenters. The summed E-state index contributed by atoms with van der Waals surface area (Å²) in [6.45, 7) is 1.91. The van der Waals surface area contributed by atoms with Crippen molar-refractivity contribution < 1.29 is 13.9 Å². The normalized spacial score (nSPS) is 17.4. The highest BCUT2D eigenvalue weighted by molar-refractivity contribution is 7.16. The molecular formula is C20H19FN2O2S. The van der Waals surface area contributed by atoms with Crippen LogP contribution in [-0.2, 0) is 0 Å². The first-order valence-corrected chi connectivity index (χ1v) is 9.58. The van der Waals surface area contributed by atoms with E-state index in [2.05, 4.69) is 4.98 Å². The van der Waals surface area contributed by atoms with Crippen molar-refractivity contribution in [1.82, 2.24) is 9.88 Å². The quantitative estimate of drug-likeness (QED) is 0.685. The van der Waals surface area contributed by atoms with Crippen LogP contribution in [0.3, 0.4) is 0 Å². The van der Waals surface area contributed by atoms with Gasteiger partial charge in [-0.05, 0) is 43.2 Å². The van der Waals surface area contributed by atoms with Crippen LogP contribution < -0.4 is 4.74 Å². The smallest absolute Gasteiger partial charge is 0.253 e. The van der Waals surface area contributed by atoms with Crippen molar-refractivity contribution >= 4 is 27.5 Å². The predicted octanol–water partition coefficient (Wildman–Crippen LogP) is 4.37. The fraction of sp³-hybridized carbons (Fsp3) is 0.300. The van der Waals surface area contributed by atoms with Gasteiger partial charge in [-0.25, -0.2) is 9.37 Å². The molecule has 134 valence electrons. The SMILES string of the molecule is O=C(c1ccc2ncsc2c1)N1CCCC(COc2cccc(F)c2)C1. The average molecular weight is 370 g/mol. The summed E-state index contributed by atoms with van der Waals surface area (Å²) in [5, 5.41) is 0. The third-order valence-electron chi connectivity index (χ3n) is 4.67. The number of aromatic nitrogens is 1. The van der Waals surface area contributed by atoms with E-state index in [0.717, 1.165) is 29.6 Å². The Kier molecular flexibility index (Phi) is 4.84. The number of halogens is 1. The molecule has 2 heterocycles. The van der Waals surface area contributed by atoms with Gasteiger partial charge in [-0.2, -0.15) is 0 Å². The molecule has 1 saturated heterocycles. The molecule has 4 rings (SSSR count). The Morgan fingerprint density at radius 1 is 1.31 bits per heavy atom. The highest BCUT2D eigenvalue weighted by Gasteiger charge is 2.25. The molecule has 0 bridgehead atoms. The van der Waals surface area contributed by atoms with Crippen LogP contribution >= 0.6 is 11.3 Å². The van der Waals surface area contributed by atoms with E-state index in [1.807, 2.05) is 23.1 Å². The number of fused-ring (bicyclic) bond motifs is 1. The van der Waals surface area contributed by atoms with Gasteiger partial charge in [0.2, 0.25) is 0 Å². The highest BCUT2D eigenvalue weighted by Crippen LogP contribution is 2.23. The van der Waals surface area contributed by atoms with E-state index in [-0.39, 0.29) is 17.6 Å². The highest BCUT2D eigenvalue weighted by atomic mass is 32.1. The number of benzene rings is 2. The number of amides is 1. The van der Waals surface area contributed by atoms with Gasteiger partial charge >= 0.3 is 0 Å². The summed E-state index contributed by atoms with van der Waals surface area (Å²) in [7, 11) is 0. The van der Waals surface area contributed by atoms with Gasteiger partial charge in [0.15, 0.2) is 0 Å². The molecule has 1 aliphatic rings. The Balaban J connectivity index is 1.40. The maximum atomic E-state index is 13.2. The van der Waals surface area contributed by atoms with Crippen LogP contribution in [0.5, 0.6) is 5.75 Å². The van der Waals surface area contributed by atoms with Crippen molar-refractivity contribution in [2.75, 3.05) is 19.7 Å². The van der Waals surface area contributed by atoms with Gasteiger partial charge in [0.25, 0.3) is 5.91 Å². The van der Waals surface area contributed by atoms with Crippen molar-refractivity contribution in [2.24, 2.45) is 5.92 Å². The van der Waals surface area contributed by atoms with Crippen LogP contribution in [0.25, 0.3) is 10.2 Å². The zero-order chi connectivity index (χ0) is 17.9. The summed E-state index contributed by atoms with van der Waals surface area (Å²) in [6.07, 6.45) is 1.96. The number of rotatable bonds is 4. The first kappa shape index (κ1) is 17.0. The molecular weight excluding hydrogens is 351 g/mol. The monoisotopic (exact) mass is 370 g/mol. The van der Waals surface area contributed by atoms with Gasteiger partial charge in [0, 0.05) is 30.6 Å². The maximum absolute atomic E-state index is 13.2. The number of carbonyl (C=O) groups is 1. The molecule has 1 fully saturated rings. The van der Waals surface area contributed by atoms with E-state index in [1.165, 1.54) is 12.1 Å². The molecule has 0 saturated carbocycles. The van der Waals surface area contributed by atoms with Gasteiger partial charge in [0.05, 0.1) is 22.3 Å². The maximum Gasteiger partial charge on any atom is 0.253 e. The van der Waals surface area contributed by atoms with Gasteiger partial charge in [0.1, 0.15) is 11.6 Å². The van der Waals surface area contributed by atoms with Crippen molar-refractivity contribution in [3.8, 4) is 5.75 Å². The molecule has 0 N–H and O–H groups in total. The fourth-order valence-electron chi connectivity index (χ4n) is 3.33. The van der Waals surface area contributed by atoms with E-state index in [9.17, 15) is 9.18 Å². The summed E-state index contributed by atoms with van der Waals surface area (Å²) in [5.41, 5.74) is 3.42. The number of likely N-dealkylation sites (tertiary alicyclic amines) is 1. The summed E-state index contributed by atoms with van der Waals surface area (Å²) in [4.78, 5) is 19.0. The molecule has 1 atom stereocenters. The summed E-state index contributed by atoms with van der Waals surface area (Å²) < 4.78 is 20.0. The van der Waals surface area contributed by atoms with Crippen LogP contribution in [0.2, 0.25) is 0 Å². The van der Waals surface area contributed by atoms with E-state index in [0.29, 0.717) is 24.5 Å². The number of nitrogens with zero attached hydrogens (tertiary/aromatic N) is 2. The zero-order valence-electron chi connectivity index (χ0n) is 14.2. The largest absolute Gasteiger partial charge is 0.493 e. The van der Waals surface area contributed by atoms with Crippen LogP contribution in [0.1, 0.15) is 23.2 Å². The van der Waals surface area contributed by atoms with Gasteiger partial charge in [-0.1, -0.05) is 6.07 Å². The molecule has 6 heteroatoms. The van der Waals surface area contributed by atoms with Gasteiger partial charge in [-0.3, -0.25) is 4.79 Å². The molecule has 1 amide bonds. The third kappa shape index (κ3) is 3.70. The van der Waals surface area contributed by atoms with E-state index in [1.54, 1.807) is 29.0 Å². The number of carbonyl (C=O) groups excluding carboxylic acids is 1.